The molecule has 0 atom stereocenters. The van der Waals surface area contributed by atoms with Gasteiger partial charge in [0.2, 0.25) is 10.0 Å². The second-order valence-corrected chi connectivity index (χ2v) is 7.45. The highest BCUT2D eigenvalue weighted by molar-refractivity contribution is 7.89. The third-order valence-corrected chi connectivity index (χ3v) is 5.00. The van der Waals surface area contributed by atoms with Crippen molar-refractivity contribution in [2.45, 2.75) is 18.4 Å². The van der Waals surface area contributed by atoms with Crippen molar-refractivity contribution in [3.05, 3.63) is 60.2 Å². The predicted octanol–water partition coefficient (Wildman–Crippen LogP) is 2.50. The zero-order chi connectivity index (χ0) is 18.8. The molecule has 26 heavy (non-hydrogen) atoms. The summed E-state index contributed by atoms with van der Waals surface area (Å²) in [6, 6.07) is 16.7. The molecule has 0 spiro atoms. The van der Waals surface area contributed by atoms with E-state index in [9.17, 15) is 8.42 Å². The Morgan fingerprint density at radius 3 is 2.46 bits per heavy atom. The maximum absolute atomic E-state index is 12.4. The number of nitrogens with one attached hydrogen (secondary N) is 1. The lowest BCUT2D eigenvalue weighted by Crippen LogP contribution is -2.25. The van der Waals surface area contributed by atoms with Gasteiger partial charge >= 0.3 is 0 Å². The molecule has 0 aliphatic rings. The van der Waals surface area contributed by atoms with Gasteiger partial charge < -0.3 is 4.74 Å². The van der Waals surface area contributed by atoms with Gasteiger partial charge in [-0.2, -0.15) is 4.72 Å². The molecule has 0 aromatic heterocycles. The highest BCUT2D eigenvalue weighted by Gasteiger charge is 2.18. The first-order valence-electron chi connectivity index (χ1n) is 8.42. The number of hydrogen-bond acceptors (Lipinski definition) is 4. The molecule has 5 nitrogen and oxygen atoms in total. The Kier molecular flexibility index (Phi) is 7.67. The summed E-state index contributed by atoms with van der Waals surface area (Å²) in [4.78, 5) is 2.20. The van der Waals surface area contributed by atoms with Crippen LogP contribution in [0.1, 0.15) is 12.5 Å². The largest absolute Gasteiger partial charge is 0.492 e. The van der Waals surface area contributed by atoms with Gasteiger partial charge in [0, 0.05) is 6.54 Å². The molecule has 138 valence electrons. The van der Waals surface area contributed by atoms with Gasteiger partial charge in [0.1, 0.15) is 10.6 Å². The molecule has 0 aliphatic heterocycles. The minimum Gasteiger partial charge on any atom is -0.492 e. The van der Waals surface area contributed by atoms with Crippen molar-refractivity contribution < 1.29 is 13.2 Å². The lowest BCUT2D eigenvalue weighted by Gasteiger charge is -2.12. The molecule has 2 aromatic carbocycles. The summed E-state index contributed by atoms with van der Waals surface area (Å²) in [5, 5.41) is 0. The fourth-order valence-electron chi connectivity index (χ4n) is 2.36. The molecule has 0 aliphatic carbocycles. The van der Waals surface area contributed by atoms with E-state index in [2.05, 4.69) is 33.6 Å². The minimum atomic E-state index is -3.65. The van der Waals surface area contributed by atoms with Crippen molar-refractivity contribution in [1.82, 2.24) is 9.62 Å². The molecule has 0 amide bonds. The van der Waals surface area contributed by atoms with E-state index in [0.29, 0.717) is 18.9 Å². The summed E-state index contributed by atoms with van der Waals surface area (Å²) >= 11 is 0. The molecule has 0 heterocycles. The Hall–Kier alpha value is -2.33. The summed E-state index contributed by atoms with van der Waals surface area (Å²) < 4.78 is 32.7. The van der Waals surface area contributed by atoms with Crippen LogP contribution in [-0.2, 0) is 16.6 Å². The molecule has 0 saturated heterocycles. The van der Waals surface area contributed by atoms with E-state index in [0.717, 1.165) is 6.54 Å². The molecule has 0 radical (unpaired) electrons. The van der Waals surface area contributed by atoms with Crippen LogP contribution >= 0.6 is 0 Å². The Bertz CT molecular complexity index is 855. The molecule has 0 saturated carbocycles. The fraction of sp³-hybridized carbons (Fsp3) is 0.300. The smallest absolute Gasteiger partial charge is 0.245 e. The van der Waals surface area contributed by atoms with Gasteiger partial charge in [-0.25, -0.2) is 8.42 Å². The van der Waals surface area contributed by atoms with Gasteiger partial charge in [0.15, 0.2) is 0 Å². The number of ether oxygens (including phenoxy) is 1. The first kappa shape index (κ1) is 20.0. The molecule has 2 aromatic rings. The van der Waals surface area contributed by atoms with Crippen LogP contribution in [0.15, 0.2) is 59.5 Å². The highest BCUT2D eigenvalue weighted by Crippen LogP contribution is 2.22. The van der Waals surface area contributed by atoms with Crippen molar-refractivity contribution in [3.8, 4) is 17.6 Å². The van der Waals surface area contributed by atoms with E-state index >= 15 is 0 Å². The van der Waals surface area contributed by atoms with E-state index in [1.54, 1.807) is 18.2 Å². The summed E-state index contributed by atoms with van der Waals surface area (Å²) in [5.74, 6) is 6.19. The minimum absolute atomic E-state index is 0.0575. The zero-order valence-electron chi connectivity index (χ0n) is 15.1. The Balaban J connectivity index is 1.86. The Morgan fingerprint density at radius 2 is 1.73 bits per heavy atom. The molecule has 6 heteroatoms. The maximum Gasteiger partial charge on any atom is 0.245 e. The van der Waals surface area contributed by atoms with Crippen LogP contribution in [-0.4, -0.2) is 40.1 Å². The van der Waals surface area contributed by atoms with Crippen molar-refractivity contribution in [1.29, 1.82) is 0 Å². The maximum atomic E-state index is 12.4. The normalized spacial score (nSPS) is 11.0. The number of nitrogens with zero attached hydrogens (tertiary/aromatic N) is 1. The van der Waals surface area contributed by atoms with Crippen molar-refractivity contribution >= 4 is 10.0 Å². The lowest BCUT2D eigenvalue weighted by molar-refractivity contribution is 0.331. The van der Waals surface area contributed by atoms with Crippen LogP contribution in [0, 0.1) is 11.8 Å². The Morgan fingerprint density at radius 1 is 1.04 bits per heavy atom. The average Bonchev–Trinajstić information content (AvgIpc) is 2.63. The molecular formula is C20H24N2O3S. The topological polar surface area (TPSA) is 58.6 Å². The number of para-hydroxylation sites is 1. The summed E-state index contributed by atoms with van der Waals surface area (Å²) in [5.41, 5.74) is 1.21. The highest BCUT2D eigenvalue weighted by atomic mass is 32.2. The van der Waals surface area contributed by atoms with E-state index in [4.69, 9.17) is 4.74 Å². The van der Waals surface area contributed by atoms with Crippen LogP contribution < -0.4 is 9.46 Å². The number of rotatable bonds is 8. The molecule has 1 N–H and O–H groups in total. The van der Waals surface area contributed by atoms with Gasteiger partial charge in [-0.05, 0) is 31.7 Å². The first-order valence-corrected chi connectivity index (χ1v) is 9.91. The summed E-state index contributed by atoms with van der Waals surface area (Å²) in [6.45, 7) is 3.63. The number of hydrogen-bond donors (Lipinski definition) is 1. The Labute approximate surface area is 156 Å². The second-order valence-electron chi connectivity index (χ2n) is 5.72. The SMILES string of the molecule is CCOc1ccccc1S(=O)(=O)NCC#CCN(C)Cc1ccccc1. The van der Waals surface area contributed by atoms with E-state index < -0.39 is 10.0 Å². The quantitative estimate of drug-likeness (QED) is 0.724. The fourth-order valence-corrected chi connectivity index (χ4v) is 3.43. The molecule has 0 fully saturated rings. The summed E-state index contributed by atoms with van der Waals surface area (Å²) in [7, 11) is -1.68. The molecule has 2 rings (SSSR count). The monoisotopic (exact) mass is 372 g/mol. The van der Waals surface area contributed by atoms with Crippen LogP contribution in [0.25, 0.3) is 0 Å². The van der Waals surface area contributed by atoms with E-state index in [-0.39, 0.29) is 11.4 Å². The van der Waals surface area contributed by atoms with Gasteiger partial charge in [-0.3, -0.25) is 4.90 Å². The standard InChI is InChI=1S/C20H24N2O3S/c1-3-25-19-13-7-8-14-20(19)26(23,24)21-15-9-10-16-22(2)17-18-11-5-4-6-12-18/h4-8,11-14,21H,3,15-17H2,1-2H3. The summed E-state index contributed by atoms with van der Waals surface area (Å²) in [6.07, 6.45) is 0. The van der Waals surface area contributed by atoms with Crippen molar-refractivity contribution in [2.75, 3.05) is 26.7 Å². The van der Waals surface area contributed by atoms with Crippen LogP contribution in [0.3, 0.4) is 0 Å². The molecule has 0 bridgehead atoms. The van der Waals surface area contributed by atoms with Crippen LogP contribution in [0.4, 0.5) is 0 Å². The van der Waals surface area contributed by atoms with E-state index in [1.165, 1.54) is 11.6 Å². The third-order valence-electron chi connectivity index (χ3n) is 3.56. The zero-order valence-corrected chi connectivity index (χ0v) is 15.9. The van der Waals surface area contributed by atoms with Crippen molar-refractivity contribution in [2.24, 2.45) is 0 Å². The molecule has 0 unspecified atom stereocenters. The second kappa shape index (κ2) is 9.97. The van der Waals surface area contributed by atoms with Gasteiger partial charge in [-0.1, -0.05) is 54.3 Å². The number of benzene rings is 2. The first-order chi connectivity index (χ1) is 12.5. The van der Waals surface area contributed by atoms with Crippen LogP contribution in [0.5, 0.6) is 5.75 Å². The van der Waals surface area contributed by atoms with Crippen LogP contribution in [0.2, 0.25) is 0 Å². The molecular weight excluding hydrogens is 348 g/mol. The van der Waals surface area contributed by atoms with Gasteiger partial charge in [0.25, 0.3) is 0 Å². The third kappa shape index (κ3) is 6.19. The lowest BCUT2D eigenvalue weighted by atomic mass is 10.2. The predicted molar refractivity (Wildman–Crippen MR) is 103 cm³/mol. The average molecular weight is 372 g/mol. The van der Waals surface area contributed by atoms with Gasteiger partial charge in [-0.15, -0.1) is 0 Å². The van der Waals surface area contributed by atoms with Crippen molar-refractivity contribution in [3.63, 3.8) is 0 Å². The number of sulfonamides is 1. The van der Waals surface area contributed by atoms with Gasteiger partial charge in [0.05, 0.1) is 19.7 Å². The van der Waals surface area contributed by atoms with E-state index in [1.807, 2.05) is 32.2 Å².